The van der Waals surface area contributed by atoms with Gasteiger partial charge in [-0.3, -0.25) is 10.2 Å². The summed E-state index contributed by atoms with van der Waals surface area (Å²) in [6, 6.07) is 0.591. The number of carbonyl (C=O) groups excluding carboxylic acids is 1. The van der Waals surface area contributed by atoms with E-state index in [1.807, 2.05) is 0 Å². The molecule has 6 unspecified atom stereocenters. The lowest BCUT2D eigenvalue weighted by Gasteiger charge is -2.41. The molecular weight excluding hydrogens is 212 g/mol. The zero-order valence-electron chi connectivity index (χ0n) is 10.3. The summed E-state index contributed by atoms with van der Waals surface area (Å²) in [5.41, 5.74) is 6.31. The predicted octanol–water partition coefficient (Wildman–Crippen LogP) is 1.84. The van der Waals surface area contributed by atoms with Crippen LogP contribution in [0.25, 0.3) is 0 Å². The molecule has 0 aromatic rings. The van der Waals surface area contributed by atoms with Gasteiger partial charge in [0.15, 0.2) is 0 Å². The first-order valence-corrected chi connectivity index (χ1v) is 7.41. The molecule has 4 rings (SSSR count). The normalized spacial score (nSPS) is 52.6. The van der Waals surface area contributed by atoms with E-state index in [2.05, 4.69) is 10.9 Å². The Kier molecular flexibility index (Phi) is 2.26. The summed E-state index contributed by atoms with van der Waals surface area (Å²) in [5, 5.41) is 0. The highest BCUT2D eigenvalue weighted by atomic mass is 16.2. The van der Waals surface area contributed by atoms with E-state index in [0.717, 1.165) is 24.2 Å². The summed E-state index contributed by atoms with van der Waals surface area (Å²) in [6.45, 7) is 0. The number of hydrazine groups is 1. The Bertz CT molecular complexity index is 329. The zero-order chi connectivity index (χ0) is 11.4. The van der Waals surface area contributed by atoms with Crippen LogP contribution >= 0.6 is 0 Å². The van der Waals surface area contributed by atoms with Crippen molar-refractivity contribution < 1.29 is 4.79 Å². The summed E-state index contributed by atoms with van der Waals surface area (Å²) in [7, 11) is 0. The van der Waals surface area contributed by atoms with Crippen LogP contribution in [-0.4, -0.2) is 11.9 Å². The molecule has 6 atom stereocenters. The molecule has 2 N–H and O–H groups in total. The van der Waals surface area contributed by atoms with Gasteiger partial charge in [0.1, 0.15) is 0 Å². The second kappa shape index (κ2) is 3.71. The average Bonchev–Trinajstić information content (AvgIpc) is 2.70. The molecule has 0 radical (unpaired) electrons. The molecule has 1 aliphatic heterocycles. The molecule has 3 aliphatic carbocycles. The highest BCUT2D eigenvalue weighted by Crippen LogP contribution is 2.56. The third-order valence-corrected chi connectivity index (χ3v) is 6.01. The first-order valence-electron chi connectivity index (χ1n) is 7.41. The molecule has 1 saturated heterocycles. The van der Waals surface area contributed by atoms with Crippen molar-refractivity contribution >= 4 is 5.91 Å². The molecule has 1 amide bonds. The lowest BCUT2D eigenvalue weighted by Crippen LogP contribution is -2.60. The Morgan fingerprint density at radius 1 is 0.882 bits per heavy atom. The molecule has 4 fully saturated rings. The monoisotopic (exact) mass is 234 g/mol. The maximum absolute atomic E-state index is 12.0. The number of fused-ring (bicyclic) bond motifs is 3. The van der Waals surface area contributed by atoms with Gasteiger partial charge >= 0.3 is 0 Å². The van der Waals surface area contributed by atoms with Crippen molar-refractivity contribution in [1.82, 2.24) is 10.9 Å². The third kappa shape index (κ3) is 1.35. The summed E-state index contributed by atoms with van der Waals surface area (Å²) in [5.74, 6) is 3.87. The minimum absolute atomic E-state index is 0.273. The zero-order valence-corrected chi connectivity index (χ0v) is 10.3. The van der Waals surface area contributed by atoms with Gasteiger partial charge in [-0.05, 0) is 49.4 Å². The highest BCUT2D eigenvalue weighted by Gasteiger charge is 2.57. The van der Waals surface area contributed by atoms with Crippen LogP contribution in [-0.2, 0) is 4.79 Å². The number of amides is 1. The van der Waals surface area contributed by atoms with Crippen LogP contribution in [0.2, 0.25) is 0 Å². The van der Waals surface area contributed by atoms with Crippen molar-refractivity contribution in [1.29, 1.82) is 0 Å². The lowest BCUT2D eigenvalue weighted by molar-refractivity contribution is -0.134. The van der Waals surface area contributed by atoms with Crippen LogP contribution < -0.4 is 10.9 Å². The summed E-state index contributed by atoms with van der Waals surface area (Å²) >= 11 is 0. The van der Waals surface area contributed by atoms with Crippen molar-refractivity contribution in [2.45, 2.75) is 51.0 Å². The van der Waals surface area contributed by atoms with Gasteiger partial charge in [0.25, 0.3) is 0 Å². The maximum Gasteiger partial charge on any atom is 0.237 e. The van der Waals surface area contributed by atoms with E-state index in [4.69, 9.17) is 0 Å². The molecule has 3 nitrogen and oxygen atoms in total. The summed E-state index contributed by atoms with van der Waals surface area (Å²) in [6.07, 6.45) is 9.41. The third-order valence-electron chi connectivity index (χ3n) is 6.01. The van der Waals surface area contributed by atoms with Crippen molar-refractivity contribution in [2.75, 3.05) is 0 Å². The van der Waals surface area contributed by atoms with E-state index in [1.54, 1.807) is 0 Å². The Morgan fingerprint density at radius 3 is 2.53 bits per heavy atom. The Balaban J connectivity index is 1.70. The molecule has 3 saturated carbocycles. The number of rotatable bonds is 0. The molecule has 1 heterocycles. The molecule has 0 aromatic carbocycles. The topological polar surface area (TPSA) is 41.1 Å². The van der Waals surface area contributed by atoms with Gasteiger partial charge in [-0.1, -0.05) is 19.3 Å². The minimum atomic E-state index is 0.273. The van der Waals surface area contributed by atoms with Crippen LogP contribution in [0.1, 0.15) is 44.9 Å². The first-order chi connectivity index (χ1) is 8.36. The predicted molar refractivity (Wildman–Crippen MR) is 64.8 cm³/mol. The fourth-order valence-corrected chi connectivity index (χ4v) is 5.48. The van der Waals surface area contributed by atoms with E-state index in [-0.39, 0.29) is 5.91 Å². The molecule has 0 spiro atoms. The second-order valence-electron chi connectivity index (χ2n) is 6.55. The fourth-order valence-electron chi connectivity index (χ4n) is 5.48. The summed E-state index contributed by atoms with van der Waals surface area (Å²) in [4.78, 5) is 12.0. The molecule has 17 heavy (non-hydrogen) atoms. The summed E-state index contributed by atoms with van der Waals surface area (Å²) < 4.78 is 0. The first kappa shape index (κ1) is 10.4. The van der Waals surface area contributed by atoms with Gasteiger partial charge in [-0.15, -0.1) is 0 Å². The largest absolute Gasteiger partial charge is 0.291 e. The van der Waals surface area contributed by atoms with Crippen LogP contribution in [0.5, 0.6) is 0 Å². The van der Waals surface area contributed by atoms with E-state index < -0.39 is 0 Å². The van der Waals surface area contributed by atoms with Crippen molar-refractivity contribution in [3.63, 3.8) is 0 Å². The van der Waals surface area contributed by atoms with E-state index in [0.29, 0.717) is 17.9 Å². The van der Waals surface area contributed by atoms with Crippen molar-refractivity contribution in [3.8, 4) is 0 Å². The van der Waals surface area contributed by atoms with Gasteiger partial charge in [0.2, 0.25) is 5.91 Å². The Morgan fingerprint density at radius 2 is 1.65 bits per heavy atom. The quantitative estimate of drug-likeness (QED) is 0.671. The standard InChI is InChI=1S/C14H22N2O/c17-14-11-7-3-6-9-8-4-1-2-5-10(8)13(12(9)11)15-16-14/h8-13,15H,1-7H2,(H,16,17). The van der Waals surface area contributed by atoms with E-state index in [9.17, 15) is 4.79 Å². The second-order valence-corrected chi connectivity index (χ2v) is 6.55. The van der Waals surface area contributed by atoms with Crippen molar-refractivity contribution in [3.05, 3.63) is 0 Å². The molecule has 0 bridgehead atoms. The highest BCUT2D eigenvalue weighted by molar-refractivity contribution is 5.79. The van der Waals surface area contributed by atoms with Crippen LogP contribution in [0.4, 0.5) is 0 Å². The van der Waals surface area contributed by atoms with Gasteiger partial charge in [-0.25, -0.2) is 5.43 Å². The van der Waals surface area contributed by atoms with Crippen LogP contribution in [0.3, 0.4) is 0 Å². The maximum atomic E-state index is 12.0. The van der Waals surface area contributed by atoms with Gasteiger partial charge in [0, 0.05) is 12.0 Å². The molecule has 94 valence electrons. The van der Waals surface area contributed by atoms with E-state index >= 15 is 0 Å². The molecule has 3 heteroatoms. The van der Waals surface area contributed by atoms with Crippen LogP contribution in [0, 0.1) is 29.6 Å². The number of hydrogen-bond acceptors (Lipinski definition) is 2. The SMILES string of the molecule is O=C1NNC2C3CCCCC3C3CCCC1C32. The lowest BCUT2D eigenvalue weighted by atomic mass is 9.69. The molecular formula is C14H22N2O. The van der Waals surface area contributed by atoms with Gasteiger partial charge in [0.05, 0.1) is 0 Å². The Hall–Kier alpha value is -0.570. The molecule has 0 aromatic heterocycles. The van der Waals surface area contributed by atoms with Gasteiger partial charge < -0.3 is 0 Å². The smallest absolute Gasteiger partial charge is 0.237 e. The number of nitrogens with one attached hydrogen (secondary N) is 2. The van der Waals surface area contributed by atoms with Crippen molar-refractivity contribution in [2.24, 2.45) is 29.6 Å². The number of hydrogen-bond donors (Lipinski definition) is 2. The van der Waals surface area contributed by atoms with E-state index in [1.165, 1.54) is 38.5 Å². The molecule has 4 aliphatic rings. The number of carbonyl (C=O) groups is 1. The Labute approximate surface area is 103 Å². The van der Waals surface area contributed by atoms with Crippen LogP contribution in [0.15, 0.2) is 0 Å². The average molecular weight is 234 g/mol. The van der Waals surface area contributed by atoms with Gasteiger partial charge in [-0.2, -0.15) is 0 Å². The minimum Gasteiger partial charge on any atom is -0.291 e. The fraction of sp³-hybridized carbons (Fsp3) is 0.929.